The highest BCUT2D eigenvalue weighted by atomic mass is 14.9. The molecule has 0 bridgehead atoms. The zero-order chi connectivity index (χ0) is 15.4. The van der Waals surface area contributed by atoms with Gasteiger partial charge in [0.15, 0.2) is 0 Å². The Kier molecular flexibility index (Phi) is 4.01. The summed E-state index contributed by atoms with van der Waals surface area (Å²) in [7, 11) is 0. The predicted molar refractivity (Wildman–Crippen MR) is 89.3 cm³/mol. The minimum Gasteiger partial charge on any atom is -0.384 e. The molecule has 0 aliphatic rings. The van der Waals surface area contributed by atoms with Gasteiger partial charge in [0.25, 0.3) is 0 Å². The van der Waals surface area contributed by atoms with Gasteiger partial charge in [-0.15, -0.1) is 0 Å². The molecule has 1 aromatic carbocycles. The molecule has 4 nitrogen and oxygen atoms in total. The summed E-state index contributed by atoms with van der Waals surface area (Å²) in [5, 5.41) is 0. The molecule has 22 heavy (non-hydrogen) atoms. The van der Waals surface area contributed by atoms with E-state index in [4.69, 9.17) is 11.5 Å². The highest BCUT2D eigenvalue weighted by Gasteiger charge is 2.17. The van der Waals surface area contributed by atoms with Crippen LogP contribution in [0, 0.1) is 0 Å². The molecular formula is C18H18N4. The number of nitrogens with two attached hydrogens (primary N) is 2. The molecule has 1 unspecified atom stereocenters. The lowest BCUT2D eigenvalue weighted by molar-refractivity contribution is 0.773. The van der Waals surface area contributed by atoms with Gasteiger partial charge < -0.3 is 11.5 Å². The Bertz CT molecular complexity index is 721. The van der Waals surface area contributed by atoms with Crippen LogP contribution in [0.1, 0.15) is 22.7 Å². The van der Waals surface area contributed by atoms with Crippen molar-refractivity contribution in [2.45, 2.75) is 12.3 Å². The van der Waals surface area contributed by atoms with Crippen LogP contribution in [0.3, 0.4) is 0 Å². The minimum atomic E-state index is 0.0937. The second-order valence-electron chi connectivity index (χ2n) is 5.25. The lowest BCUT2D eigenvalue weighted by atomic mass is 9.89. The van der Waals surface area contributed by atoms with Crippen molar-refractivity contribution in [3.05, 3.63) is 83.7 Å². The van der Waals surface area contributed by atoms with E-state index in [1.54, 1.807) is 6.20 Å². The van der Waals surface area contributed by atoms with E-state index in [-0.39, 0.29) is 5.92 Å². The molecule has 2 heterocycles. The maximum atomic E-state index is 5.86. The summed E-state index contributed by atoms with van der Waals surface area (Å²) >= 11 is 0. The molecular weight excluding hydrogens is 272 g/mol. The van der Waals surface area contributed by atoms with E-state index in [1.165, 1.54) is 5.56 Å². The molecule has 0 aliphatic heterocycles. The first kappa shape index (κ1) is 14.1. The zero-order valence-electron chi connectivity index (χ0n) is 12.2. The first-order valence-corrected chi connectivity index (χ1v) is 7.20. The second-order valence-corrected chi connectivity index (χ2v) is 5.25. The van der Waals surface area contributed by atoms with Crippen LogP contribution < -0.4 is 11.5 Å². The maximum Gasteiger partial charge on any atom is 0.126 e. The summed E-state index contributed by atoms with van der Waals surface area (Å²) in [6, 6.07) is 20.0. The lowest BCUT2D eigenvalue weighted by Crippen LogP contribution is -2.09. The molecule has 0 fully saturated rings. The number of aromatic nitrogens is 2. The van der Waals surface area contributed by atoms with Crippen LogP contribution in [-0.4, -0.2) is 9.97 Å². The molecule has 2 aromatic heterocycles. The lowest BCUT2D eigenvalue weighted by Gasteiger charge is -2.18. The number of nitrogen functional groups attached to an aromatic ring is 2. The molecule has 0 radical (unpaired) electrons. The Balaban J connectivity index is 2.03. The number of rotatable bonds is 4. The number of nitrogens with zero attached hydrogens (tertiary/aromatic N) is 2. The summed E-state index contributed by atoms with van der Waals surface area (Å²) in [5.41, 5.74) is 15.0. The summed E-state index contributed by atoms with van der Waals surface area (Å²) < 4.78 is 0. The Morgan fingerprint density at radius 1 is 0.864 bits per heavy atom. The van der Waals surface area contributed by atoms with Crippen LogP contribution in [0.2, 0.25) is 0 Å². The fourth-order valence-electron chi connectivity index (χ4n) is 2.62. The van der Waals surface area contributed by atoms with Crippen LogP contribution in [-0.2, 0) is 6.42 Å². The van der Waals surface area contributed by atoms with E-state index >= 15 is 0 Å². The molecule has 4 heteroatoms. The van der Waals surface area contributed by atoms with Crippen molar-refractivity contribution < 1.29 is 0 Å². The molecule has 0 spiro atoms. The van der Waals surface area contributed by atoms with Crippen LogP contribution in [0.15, 0.2) is 66.9 Å². The summed E-state index contributed by atoms with van der Waals surface area (Å²) in [6.45, 7) is 0. The molecule has 4 N–H and O–H groups in total. The van der Waals surface area contributed by atoms with Crippen molar-refractivity contribution in [1.29, 1.82) is 0 Å². The van der Waals surface area contributed by atoms with E-state index in [9.17, 15) is 0 Å². The van der Waals surface area contributed by atoms with Gasteiger partial charge >= 0.3 is 0 Å². The molecule has 110 valence electrons. The van der Waals surface area contributed by atoms with Crippen molar-refractivity contribution in [3.63, 3.8) is 0 Å². The standard InChI is InChI=1S/C18H18N4/c19-17-11-14(12-18(20)22-17)15(16-8-4-5-9-21-16)10-13-6-2-1-3-7-13/h1-9,11-12,15H,10H2,(H4,19,20,22). The van der Waals surface area contributed by atoms with Gasteiger partial charge in [-0.3, -0.25) is 4.98 Å². The average molecular weight is 290 g/mol. The Labute approximate surface area is 129 Å². The summed E-state index contributed by atoms with van der Waals surface area (Å²) in [5.74, 6) is 0.962. The van der Waals surface area contributed by atoms with Crippen LogP contribution in [0.4, 0.5) is 11.6 Å². The van der Waals surface area contributed by atoms with Gasteiger partial charge in [-0.1, -0.05) is 36.4 Å². The number of hydrogen-bond acceptors (Lipinski definition) is 4. The van der Waals surface area contributed by atoms with Gasteiger partial charge in [0.1, 0.15) is 11.6 Å². The topological polar surface area (TPSA) is 77.8 Å². The van der Waals surface area contributed by atoms with Crippen molar-refractivity contribution in [2.75, 3.05) is 11.5 Å². The number of anilines is 2. The molecule has 3 aromatic rings. The van der Waals surface area contributed by atoms with Gasteiger partial charge in [-0.05, 0) is 41.8 Å². The van der Waals surface area contributed by atoms with E-state index in [1.807, 2.05) is 48.5 Å². The molecule has 0 aliphatic carbocycles. The highest BCUT2D eigenvalue weighted by molar-refractivity contribution is 5.47. The summed E-state index contributed by atoms with van der Waals surface area (Å²) in [4.78, 5) is 8.56. The van der Waals surface area contributed by atoms with E-state index in [0.717, 1.165) is 17.7 Å². The third-order valence-electron chi connectivity index (χ3n) is 3.62. The fraction of sp³-hybridized carbons (Fsp3) is 0.111. The number of benzene rings is 1. The van der Waals surface area contributed by atoms with Gasteiger partial charge in [-0.25, -0.2) is 4.98 Å². The Hall–Kier alpha value is -2.88. The van der Waals surface area contributed by atoms with Gasteiger partial charge in [-0.2, -0.15) is 0 Å². The molecule has 0 saturated heterocycles. The first-order chi connectivity index (χ1) is 10.7. The predicted octanol–water partition coefficient (Wildman–Crippen LogP) is 3.02. The number of hydrogen-bond donors (Lipinski definition) is 2. The monoisotopic (exact) mass is 290 g/mol. The number of pyridine rings is 2. The van der Waals surface area contributed by atoms with Crippen molar-refractivity contribution in [1.82, 2.24) is 9.97 Å². The Morgan fingerprint density at radius 2 is 1.55 bits per heavy atom. The summed E-state index contributed by atoms with van der Waals surface area (Å²) in [6.07, 6.45) is 2.64. The largest absolute Gasteiger partial charge is 0.384 e. The molecule has 0 saturated carbocycles. The van der Waals surface area contributed by atoms with Gasteiger partial charge in [0.2, 0.25) is 0 Å². The average Bonchev–Trinajstić information content (AvgIpc) is 2.53. The van der Waals surface area contributed by atoms with E-state index in [0.29, 0.717) is 11.6 Å². The Morgan fingerprint density at radius 3 is 2.18 bits per heavy atom. The van der Waals surface area contributed by atoms with Crippen molar-refractivity contribution in [2.24, 2.45) is 0 Å². The van der Waals surface area contributed by atoms with E-state index < -0.39 is 0 Å². The first-order valence-electron chi connectivity index (χ1n) is 7.20. The van der Waals surface area contributed by atoms with Gasteiger partial charge in [0, 0.05) is 17.8 Å². The SMILES string of the molecule is Nc1cc(C(Cc2ccccc2)c2ccccn2)cc(N)n1. The quantitative estimate of drug-likeness (QED) is 0.774. The van der Waals surface area contributed by atoms with E-state index in [2.05, 4.69) is 22.1 Å². The second kappa shape index (κ2) is 6.26. The fourth-order valence-corrected chi connectivity index (χ4v) is 2.62. The van der Waals surface area contributed by atoms with Crippen molar-refractivity contribution >= 4 is 11.6 Å². The maximum absolute atomic E-state index is 5.86. The zero-order valence-corrected chi connectivity index (χ0v) is 12.2. The third kappa shape index (κ3) is 3.23. The third-order valence-corrected chi connectivity index (χ3v) is 3.62. The molecule has 1 atom stereocenters. The molecule has 0 amide bonds. The minimum absolute atomic E-state index is 0.0937. The smallest absolute Gasteiger partial charge is 0.126 e. The normalized spacial score (nSPS) is 12.0. The van der Waals surface area contributed by atoms with Crippen LogP contribution >= 0.6 is 0 Å². The highest BCUT2D eigenvalue weighted by Crippen LogP contribution is 2.29. The van der Waals surface area contributed by atoms with Crippen LogP contribution in [0.25, 0.3) is 0 Å². The molecule has 3 rings (SSSR count). The van der Waals surface area contributed by atoms with Crippen LogP contribution in [0.5, 0.6) is 0 Å². The van der Waals surface area contributed by atoms with Crippen molar-refractivity contribution in [3.8, 4) is 0 Å². The van der Waals surface area contributed by atoms with Gasteiger partial charge in [0.05, 0.1) is 0 Å².